The van der Waals surface area contributed by atoms with Gasteiger partial charge in [0.15, 0.2) is 16.6 Å². The van der Waals surface area contributed by atoms with Crippen molar-refractivity contribution in [2.75, 3.05) is 24.7 Å². The number of para-hydroxylation sites is 1. The third kappa shape index (κ3) is 9.37. The average Bonchev–Trinajstić information content (AvgIpc) is 2.96. The van der Waals surface area contributed by atoms with E-state index in [1.54, 1.807) is 11.9 Å². The highest BCUT2D eigenvalue weighted by Gasteiger charge is 2.39. The summed E-state index contributed by atoms with van der Waals surface area (Å²) in [7, 11) is -2.88. The van der Waals surface area contributed by atoms with Crippen molar-refractivity contribution < 1.29 is 18.4 Å². The molecule has 0 unspecified atom stereocenters. The van der Waals surface area contributed by atoms with E-state index in [-0.39, 0.29) is 16.2 Å². The van der Waals surface area contributed by atoms with Gasteiger partial charge in [0, 0.05) is 24.3 Å². The smallest absolute Gasteiger partial charge is 0.414 e. The van der Waals surface area contributed by atoms with E-state index >= 15 is 0 Å². The molecule has 0 radical (unpaired) electrons. The van der Waals surface area contributed by atoms with Crippen molar-refractivity contribution in [3.05, 3.63) is 90.0 Å². The van der Waals surface area contributed by atoms with E-state index in [2.05, 4.69) is 128 Å². The summed E-state index contributed by atoms with van der Waals surface area (Å²) in [5, 5.41) is 2.71. The van der Waals surface area contributed by atoms with Crippen molar-refractivity contribution in [3.8, 4) is 0 Å². The lowest BCUT2D eigenvalue weighted by Gasteiger charge is -2.37. The number of anilines is 1. The van der Waals surface area contributed by atoms with Crippen molar-refractivity contribution in [3.63, 3.8) is 0 Å². The largest absolute Gasteiger partial charge is 0.449 e. The van der Waals surface area contributed by atoms with Gasteiger partial charge in [0.25, 0.3) is 0 Å². The normalized spacial score (nSPS) is 12.8. The van der Waals surface area contributed by atoms with Gasteiger partial charge >= 0.3 is 6.09 Å². The van der Waals surface area contributed by atoms with Gasteiger partial charge in [-0.05, 0) is 54.8 Å². The number of hydrogen-bond acceptors (Lipinski definition) is 4. The van der Waals surface area contributed by atoms with Gasteiger partial charge in [0.05, 0.1) is 25.5 Å². The minimum absolute atomic E-state index is 0.0803. The van der Waals surface area contributed by atoms with Crippen LogP contribution in [0.3, 0.4) is 0 Å². The monoisotopic (exact) mass is 651 g/mol. The molecule has 240 valence electrons. The maximum absolute atomic E-state index is 13.7. The average molecular weight is 652 g/mol. The molecule has 0 spiro atoms. The van der Waals surface area contributed by atoms with Gasteiger partial charge in [-0.3, -0.25) is 4.90 Å². The molecule has 5 nitrogen and oxygen atoms in total. The molecule has 0 heterocycles. The van der Waals surface area contributed by atoms with E-state index in [0.29, 0.717) is 19.8 Å². The minimum atomic E-state index is -2.02. The second-order valence-corrected chi connectivity index (χ2v) is 26.5. The fourth-order valence-electron chi connectivity index (χ4n) is 4.29. The van der Waals surface area contributed by atoms with Crippen LogP contribution in [-0.4, -0.2) is 42.5 Å². The number of amides is 1. The van der Waals surface area contributed by atoms with Crippen LogP contribution in [0.5, 0.6) is 0 Å². The second kappa shape index (κ2) is 14.9. The fourth-order valence-corrected chi connectivity index (χ4v) is 8.34. The first-order chi connectivity index (χ1) is 20.4. The molecular formula is C36H54NO4PSi2. The lowest BCUT2D eigenvalue weighted by atomic mass is 10.1. The van der Waals surface area contributed by atoms with Crippen LogP contribution < -0.4 is 15.5 Å². The molecule has 0 fully saturated rings. The Balaban J connectivity index is 1.85. The van der Waals surface area contributed by atoms with Crippen molar-refractivity contribution in [1.82, 2.24) is 0 Å². The summed E-state index contributed by atoms with van der Waals surface area (Å²) in [6, 6.07) is 27.2. The minimum Gasteiger partial charge on any atom is -0.449 e. The third-order valence-corrected chi connectivity index (χ3v) is 20.7. The maximum atomic E-state index is 13.7. The summed E-state index contributed by atoms with van der Waals surface area (Å²) in [6.45, 7) is 23.7. The van der Waals surface area contributed by atoms with Crippen LogP contribution in [0, 0.1) is 0 Å². The summed E-state index contributed by atoms with van der Waals surface area (Å²) in [4.78, 5) is 15.3. The van der Waals surface area contributed by atoms with Crippen LogP contribution in [0.25, 0.3) is 0 Å². The molecule has 0 atom stereocenters. The Morgan fingerprint density at radius 2 is 1.09 bits per heavy atom. The molecule has 8 heteroatoms. The highest BCUT2D eigenvalue weighted by molar-refractivity contribution is 7.73. The molecule has 44 heavy (non-hydrogen) atoms. The number of ether oxygens (including phenoxy) is 1. The number of carbonyl (C=O) groups is 1. The molecule has 0 aliphatic carbocycles. The van der Waals surface area contributed by atoms with Crippen molar-refractivity contribution in [1.29, 1.82) is 0 Å². The van der Waals surface area contributed by atoms with E-state index in [1.807, 2.05) is 18.2 Å². The first kappa shape index (κ1) is 36.2. The number of nitrogens with zero attached hydrogens (tertiary/aromatic N) is 1. The Morgan fingerprint density at radius 3 is 1.48 bits per heavy atom. The molecule has 0 aromatic heterocycles. The number of carbonyl (C=O) groups excluding carboxylic acids is 1. The van der Waals surface area contributed by atoms with Crippen molar-refractivity contribution in [2.24, 2.45) is 0 Å². The molecular weight excluding hydrogens is 598 g/mol. The zero-order valence-corrected chi connectivity index (χ0v) is 31.8. The Bertz CT molecular complexity index is 1260. The molecule has 0 bridgehead atoms. The van der Waals surface area contributed by atoms with E-state index in [9.17, 15) is 4.79 Å². The Labute approximate surface area is 270 Å². The molecule has 0 saturated heterocycles. The van der Waals surface area contributed by atoms with E-state index in [1.165, 1.54) is 10.6 Å². The summed E-state index contributed by atoms with van der Waals surface area (Å²) < 4.78 is 19.3. The highest BCUT2D eigenvalue weighted by Crippen LogP contribution is 2.40. The van der Waals surface area contributed by atoms with Gasteiger partial charge in [-0.15, -0.1) is 0 Å². The molecule has 3 rings (SSSR count). The molecule has 0 aliphatic heterocycles. The summed E-state index contributed by atoms with van der Waals surface area (Å²) in [6.07, 6.45) is 0.384. The van der Waals surface area contributed by atoms with Crippen LogP contribution in [-0.2, 0) is 26.8 Å². The van der Waals surface area contributed by atoms with Gasteiger partial charge in [0.1, 0.15) is 0 Å². The predicted molar refractivity (Wildman–Crippen MR) is 194 cm³/mol. The van der Waals surface area contributed by atoms with E-state index in [0.717, 1.165) is 23.0 Å². The molecule has 1 amide bonds. The first-order valence-corrected chi connectivity index (χ1v) is 23.0. The van der Waals surface area contributed by atoms with E-state index < -0.39 is 24.6 Å². The SMILES string of the molecule is CN(C(=O)OCCP(c1ccccc1)c1ccccc1)c1c(CO[Si](C)(C)C(C)(C)C)cccc1CO[Si](C)(C)C(C)(C)C. The second-order valence-electron chi connectivity index (χ2n) is 14.5. The van der Waals surface area contributed by atoms with Crippen LogP contribution in [0.1, 0.15) is 52.7 Å². The Morgan fingerprint density at radius 1 is 0.682 bits per heavy atom. The Kier molecular flexibility index (Phi) is 12.2. The van der Waals surface area contributed by atoms with E-state index in [4.69, 9.17) is 13.6 Å². The third-order valence-electron chi connectivity index (χ3n) is 9.28. The lowest BCUT2D eigenvalue weighted by Crippen LogP contribution is -2.41. The quantitative estimate of drug-likeness (QED) is 0.145. The van der Waals surface area contributed by atoms with Crippen LogP contribution >= 0.6 is 7.92 Å². The molecule has 0 saturated carbocycles. The van der Waals surface area contributed by atoms with Crippen LogP contribution in [0.2, 0.25) is 36.3 Å². The maximum Gasteiger partial charge on any atom is 0.414 e. The number of hydrogen-bond donors (Lipinski definition) is 0. The van der Waals surface area contributed by atoms with Gasteiger partial charge in [-0.25, -0.2) is 4.79 Å². The van der Waals surface area contributed by atoms with Crippen molar-refractivity contribution >= 4 is 46.9 Å². The molecule has 0 N–H and O–H groups in total. The summed E-state index contributed by atoms with van der Waals surface area (Å²) in [5.74, 6) is 0. The highest BCUT2D eigenvalue weighted by atomic mass is 31.1. The molecule has 3 aromatic rings. The van der Waals surface area contributed by atoms with Gasteiger partial charge in [0.2, 0.25) is 0 Å². The van der Waals surface area contributed by atoms with Crippen molar-refractivity contribution in [2.45, 2.75) is 91.0 Å². The first-order valence-electron chi connectivity index (χ1n) is 15.6. The summed E-state index contributed by atoms with van der Waals surface area (Å²) in [5.41, 5.74) is 2.77. The van der Waals surface area contributed by atoms with Gasteiger partial charge in [-0.1, -0.05) is 120 Å². The topological polar surface area (TPSA) is 48.0 Å². The number of rotatable bonds is 12. The molecule has 0 aliphatic rings. The van der Waals surface area contributed by atoms with Gasteiger partial charge < -0.3 is 13.6 Å². The lowest BCUT2D eigenvalue weighted by molar-refractivity contribution is 0.162. The molecule has 3 aromatic carbocycles. The van der Waals surface area contributed by atoms with Gasteiger partial charge in [-0.2, -0.15) is 0 Å². The summed E-state index contributed by atoms with van der Waals surface area (Å²) >= 11 is 0. The zero-order valence-electron chi connectivity index (χ0n) is 28.9. The standard InChI is InChI=1S/C36H54NO4PSi2/c1-35(2,3)43(8,9)40-27-29-19-18-20-30(28-41-44(10,11)36(4,5)6)33(29)37(7)34(38)39-25-26-42(31-21-14-12-15-22-31)32-23-16-13-17-24-32/h12-24H,25-28H2,1-11H3. The fraction of sp³-hybridized carbons (Fsp3) is 0.472. The van der Waals surface area contributed by atoms with Crippen LogP contribution in [0.4, 0.5) is 10.5 Å². The number of benzene rings is 3. The Hall–Kier alpha value is -2.29. The predicted octanol–water partition coefficient (Wildman–Crippen LogP) is 9.44. The zero-order chi connectivity index (χ0) is 32.8. The van der Waals surface area contributed by atoms with Crippen LogP contribution in [0.15, 0.2) is 78.9 Å².